The second kappa shape index (κ2) is 6.31. The molecule has 1 heterocycles. The molecular weight excluding hydrogens is 298 g/mol. The van der Waals surface area contributed by atoms with Crippen molar-refractivity contribution in [3.8, 4) is 0 Å². The summed E-state index contributed by atoms with van der Waals surface area (Å²) in [4.78, 5) is 21.9. The Balaban J connectivity index is 2.22. The van der Waals surface area contributed by atoms with Crippen LogP contribution in [0.3, 0.4) is 0 Å². The molecule has 0 aliphatic carbocycles. The van der Waals surface area contributed by atoms with Gasteiger partial charge in [0.05, 0.1) is 12.0 Å². The van der Waals surface area contributed by atoms with E-state index in [0.29, 0.717) is 16.5 Å². The normalized spacial score (nSPS) is 10.4. The minimum atomic E-state index is -0.738. The second-order valence-corrected chi connectivity index (χ2v) is 4.92. The highest BCUT2D eigenvalue weighted by atomic mass is 32.2. The Kier molecular flexibility index (Phi) is 4.48. The van der Waals surface area contributed by atoms with E-state index in [1.807, 2.05) is 0 Å². The zero-order valence-electron chi connectivity index (χ0n) is 11.2. The lowest BCUT2D eigenvalue weighted by molar-refractivity contribution is -0.385. The topological polar surface area (TPSA) is 113 Å². The van der Waals surface area contributed by atoms with E-state index in [2.05, 4.69) is 20.3 Å². The van der Waals surface area contributed by atoms with E-state index in [1.54, 1.807) is 13.1 Å². The standard InChI is InChI=1S/C11H11N5O4S/c1-15-11(12-13-14-15)21-6-7-3-4-8(10(17)20-2)9(5-7)16(18)19/h3-5H,6H2,1-2H3. The molecule has 10 heteroatoms. The predicted molar refractivity (Wildman–Crippen MR) is 72.8 cm³/mol. The number of aromatic nitrogens is 4. The fourth-order valence-electron chi connectivity index (χ4n) is 1.59. The molecule has 0 aliphatic heterocycles. The summed E-state index contributed by atoms with van der Waals surface area (Å²) in [6.07, 6.45) is 0. The Bertz CT molecular complexity index is 687. The van der Waals surface area contributed by atoms with Crippen LogP contribution in [0.4, 0.5) is 5.69 Å². The fraction of sp³-hybridized carbons (Fsp3) is 0.273. The number of methoxy groups -OCH3 is 1. The van der Waals surface area contributed by atoms with Crippen molar-refractivity contribution in [3.05, 3.63) is 39.4 Å². The molecule has 21 heavy (non-hydrogen) atoms. The summed E-state index contributed by atoms with van der Waals surface area (Å²) in [5.41, 5.74) is 0.329. The Morgan fingerprint density at radius 3 is 2.86 bits per heavy atom. The number of hydrogen-bond donors (Lipinski definition) is 0. The molecule has 0 N–H and O–H groups in total. The van der Waals surface area contributed by atoms with Crippen molar-refractivity contribution in [1.82, 2.24) is 20.2 Å². The monoisotopic (exact) mass is 309 g/mol. The molecule has 0 saturated heterocycles. The van der Waals surface area contributed by atoms with Gasteiger partial charge < -0.3 is 4.74 Å². The van der Waals surface area contributed by atoms with Gasteiger partial charge in [0.2, 0.25) is 5.16 Å². The van der Waals surface area contributed by atoms with Gasteiger partial charge in [-0.3, -0.25) is 10.1 Å². The number of hydrogen-bond acceptors (Lipinski definition) is 8. The van der Waals surface area contributed by atoms with Crippen molar-refractivity contribution < 1.29 is 14.5 Å². The van der Waals surface area contributed by atoms with Crippen LogP contribution >= 0.6 is 11.8 Å². The Morgan fingerprint density at radius 2 is 2.29 bits per heavy atom. The van der Waals surface area contributed by atoms with Crippen LogP contribution in [0.5, 0.6) is 0 Å². The summed E-state index contributed by atoms with van der Waals surface area (Å²) >= 11 is 1.34. The number of benzene rings is 1. The molecule has 1 aromatic heterocycles. The summed E-state index contributed by atoms with van der Waals surface area (Å²) in [7, 11) is 2.88. The summed E-state index contributed by atoms with van der Waals surface area (Å²) in [6.45, 7) is 0. The van der Waals surface area contributed by atoms with E-state index >= 15 is 0 Å². The summed E-state index contributed by atoms with van der Waals surface area (Å²) in [5, 5.41) is 22.6. The average molecular weight is 309 g/mol. The van der Waals surface area contributed by atoms with E-state index in [0.717, 1.165) is 0 Å². The van der Waals surface area contributed by atoms with Gasteiger partial charge in [-0.2, -0.15) is 0 Å². The number of ether oxygens (including phenoxy) is 1. The maximum Gasteiger partial charge on any atom is 0.344 e. The zero-order chi connectivity index (χ0) is 15.4. The third kappa shape index (κ3) is 3.34. The Hall–Kier alpha value is -2.49. The minimum absolute atomic E-state index is 0.0726. The van der Waals surface area contributed by atoms with Crippen molar-refractivity contribution in [2.24, 2.45) is 7.05 Å². The molecule has 0 aliphatic rings. The Morgan fingerprint density at radius 1 is 1.52 bits per heavy atom. The average Bonchev–Trinajstić information content (AvgIpc) is 2.89. The van der Waals surface area contributed by atoms with Gasteiger partial charge >= 0.3 is 5.97 Å². The zero-order valence-corrected chi connectivity index (χ0v) is 12.0. The molecule has 2 rings (SSSR count). The van der Waals surface area contributed by atoms with Gasteiger partial charge in [-0.15, -0.1) is 5.10 Å². The van der Waals surface area contributed by atoms with Crippen LogP contribution in [0.15, 0.2) is 23.4 Å². The molecule has 9 nitrogen and oxygen atoms in total. The van der Waals surface area contributed by atoms with Crippen molar-refractivity contribution in [1.29, 1.82) is 0 Å². The van der Waals surface area contributed by atoms with Gasteiger partial charge in [0.25, 0.3) is 5.69 Å². The largest absolute Gasteiger partial charge is 0.465 e. The molecule has 0 bridgehead atoms. The first kappa shape index (κ1) is 14.9. The fourth-order valence-corrected chi connectivity index (χ4v) is 2.38. The van der Waals surface area contributed by atoms with Gasteiger partial charge in [0.15, 0.2) is 0 Å². The lowest BCUT2D eigenvalue weighted by Crippen LogP contribution is -2.06. The number of aryl methyl sites for hydroxylation is 1. The number of esters is 1. The van der Waals surface area contributed by atoms with E-state index in [1.165, 1.54) is 35.7 Å². The highest BCUT2D eigenvalue weighted by Crippen LogP contribution is 2.25. The lowest BCUT2D eigenvalue weighted by Gasteiger charge is -2.04. The SMILES string of the molecule is COC(=O)c1ccc(CSc2nnnn2C)cc1[N+](=O)[O-]. The molecule has 0 saturated carbocycles. The third-order valence-electron chi connectivity index (χ3n) is 2.61. The molecular formula is C11H11N5O4S. The minimum Gasteiger partial charge on any atom is -0.465 e. The molecule has 0 unspecified atom stereocenters. The second-order valence-electron chi connectivity index (χ2n) is 3.97. The Labute approximate surface area is 123 Å². The smallest absolute Gasteiger partial charge is 0.344 e. The van der Waals surface area contributed by atoms with Gasteiger partial charge in [-0.1, -0.05) is 17.8 Å². The quantitative estimate of drug-likeness (QED) is 0.350. The lowest BCUT2D eigenvalue weighted by atomic mass is 10.1. The maximum atomic E-state index is 11.5. The molecule has 0 radical (unpaired) electrons. The van der Waals surface area contributed by atoms with Crippen LogP contribution in [0, 0.1) is 10.1 Å². The van der Waals surface area contributed by atoms with Gasteiger partial charge in [-0.25, -0.2) is 9.48 Å². The van der Waals surface area contributed by atoms with E-state index in [4.69, 9.17) is 0 Å². The van der Waals surface area contributed by atoms with Gasteiger partial charge in [0, 0.05) is 18.9 Å². The maximum absolute atomic E-state index is 11.5. The highest BCUT2D eigenvalue weighted by molar-refractivity contribution is 7.98. The molecule has 0 amide bonds. The highest BCUT2D eigenvalue weighted by Gasteiger charge is 2.21. The number of nitro benzene ring substituents is 1. The van der Waals surface area contributed by atoms with Gasteiger partial charge in [0.1, 0.15) is 5.56 Å². The van der Waals surface area contributed by atoms with Crippen LogP contribution < -0.4 is 0 Å². The number of carbonyl (C=O) groups is 1. The number of nitro groups is 1. The molecule has 110 valence electrons. The molecule has 0 atom stereocenters. The summed E-state index contributed by atoms with van der Waals surface area (Å²) in [6, 6.07) is 4.37. The predicted octanol–water partition coefficient (Wildman–Crippen LogP) is 1.20. The van der Waals surface area contributed by atoms with Crippen LogP contribution in [-0.2, 0) is 17.5 Å². The summed E-state index contributed by atoms with van der Waals surface area (Å²) in [5.74, 6) is -0.297. The third-order valence-corrected chi connectivity index (χ3v) is 3.70. The molecule has 1 aromatic carbocycles. The van der Waals surface area contributed by atoms with Crippen LogP contribution in [0.2, 0.25) is 0 Å². The van der Waals surface area contributed by atoms with Crippen LogP contribution in [-0.4, -0.2) is 38.2 Å². The summed E-state index contributed by atoms with van der Waals surface area (Å²) < 4.78 is 6.02. The number of tetrazole rings is 1. The van der Waals surface area contributed by atoms with E-state index in [-0.39, 0.29) is 11.3 Å². The first-order chi connectivity index (χ1) is 10.0. The van der Waals surface area contributed by atoms with E-state index in [9.17, 15) is 14.9 Å². The first-order valence-corrected chi connectivity index (χ1v) is 6.72. The molecule has 0 spiro atoms. The van der Waals surface area contributed by atoms with Crippen LogP contribution in [0.25, 0.3) is 0 Å². The molecule has 2 aromatic rings. The number of thioether (sulfide) groups is 1. The number of rotatable bonds is 5. The van der Waals surface area contributed by atoms with Crippen molar-refractivity contribution in [3.63, 3.8) is 0 Å². The molecule has 0 fully saturated rings. The number of carbonyl (C=O) groups excluding carboxylic acids is 1. The van der Waals surface area contributed by atoms with Crippen molar-refractivity contribution >= 4 is 23.4 Å². The van der Waals surface area contributed by atoms with Crippen LogP contribution in [0.1, 0.15) is 15.9 Å². The van der Waals surface area contributed by atoms with Gasteiger partial charge in [-0.05, 0) is 22.1 Å². The number of nitrogens with zero attached hydrogens (tertiary/aromatic N) is 5. The van der Waals surface area contributed by atoms with E-state index < -0.39 is 10.9 Å². The van der Waals surface area contributed by atoms with Crippen molar-refractivity contribution in [2.75, 3.05) is 7.11 Å². The van der Waals surface area contributed by atoms with Crippen molar-refractivity contribution in [2.45, 2.75) is 10.9 Å². The first-order valence-electron chi connectivity index (χ1n) is 5.73.